The Balaban J connectivity index is 1.86. The van der Waals surface area contributed by atoms with Crippen LogP contribution in [0.2, 0.25) is 5.02 Å². The van der Waals surface area contributed by atoms with E-state index in [2.05, 4.69) is 0 Å². The van der Waals surface area contributed by atoms with Gasteiger partial charge in [-0.25, -0.2) is 0 Å². The fourth-order valence-electron chi connectivity index (χ4n) is 2.42. The lowest BCUT2D eigenvalue weighted by Crippen LogP contribution is -2.31. The first-order chi connectivity index (χ1) is 8.77. The maximum absolute atomic E-state index is 12.1. The summed E-state index contributed by atoms with van der Waals surface area (Å²) in [7, 11) is 0. The Labute approximate surface area is 114 Å². The van der Waals surface area contributed by atoms with Crippen molar-refractivity contribution < 1.29 is 4.79 Å². The normalized spacial score (nSPS) is 16.4. The minimum Gasteiger partial charge on any atom is -0.343 e. The van der Waals surface area contributed by atoms with Gasteiger partial charge < -0.3 is 4.90 Å². The van der Waals surface area contributed by atoms with Crippen LogP contribution in [-0.4, -0.2) is 23.9 Å². The van der Waals surface area contributed by atoms with Gasteiger partial charge in [0.2, 0.25) is 5.91 Å². The van der Waals surface area contributed by atoms with Crippen molar-refractivity contribution in [2.75, 3.05) is 13.1 Å². The number of nitrogens with zero attached hydrogens (tertiary/aromatic N) is 1. The molecule has 1 aliphatic heterocycles. The molecule has 98 valence electrons. The van der Waals surface area contributed by atoms with Gasteiger partial charge in [-0.2, -0.15) is 0 Å². The number of hydrogen-bond donors (Lipinski definition) is 0. The van der Waals surface area contributed by atoms with Crippen molar-refractivity contribution in [3.8, 4) is 0 Å². The average molecular weight is 266 g/mol. The van der Waals surface area contributed by atoms with E-state index < -0.39 is 0 Å². The van der Waals surface area contributed by atoms with E-state index in [0.29, 0.717) is 6.42 Å². The van der Waals surface area contributed by atoms with Gasteiger partial charge in [-0.3, -0.25) is 4.79 Å². The second-order valence-corrected chi connectivity index (χ2v) is 5.29. The summed E-state index contributed by atoms with van der Waals surface area (Å²) in [6, 6.07) is 7.77. The van der Waals surface area contributed by atoms with Gasteiger partial charge in [-0.05, 0) is 30.9 Å². The van der Waals surface area contributed by atoms with Crippen molar-refractivity contribution in [2.24, 2.45) is 0 Å². The van der Waals surface area contributed by atoms with Crippen molar-refractivity contribution in [1.29, 1.82) is 0 Å². The predicted octanol–water partition coefficient (Wildman–Crippen LogP) is 3.68. The maximum Gasteiger partial charge on any atom is 0.222 e. The summed E-state index contributed by atoms with van der Waals surface area (Å²) in [6.45, 7) is 1.86. The molecule has 1 heterocycles. The highest BCUT2D eigenvalue weighted by molar-refractivity contribution is 6.31. The third-order valence-electron chi connectivity index (χ3n) is 3.52. The lowest BCUT2D eigenvalue weighted by Gasteiger charge is -2.20. The zero-order valence-electron chi connectivity index (χ0n) is 10.7. The number of benzene rings is 1. The number of rotatable bonds is 3. The Morgan fingerprint density at radius 1 is 1.11 bits per heavy atom. The summed E-state index contributed by atoms with van der Waals surface area (Å²) in [5.41, 5.74) is 1.07. The van der Waals surface area contributed by atoms with E-state index in [-0.39, 0.29) is 5.91 Å². The lowest BCUT2D eigenvalue weighted by atomic mass is 10.1. The summed E-state index contributed by atoms with van der Waals surface area (Å²) in [5.74, 6) is 0.275. The van der Waals surface area contributed by atoms with Crippen molar-refractivity contribution in [3.63, 3.8) is 0 Å². The van der Waals surface area contributed by atoms with Gasteiger partial charge in [0.15, 0.2) is 0 Å². The van der Waals surface area contributed by atoms with E-state index in [1.807, 2.05) is 29.2 Å². The maximum atomic E-state index is 12.1. The molecule has 3 heteroatoms. The number of carbonyl (C=O) groups is 1. The molecule has 2 nitrogen and oxygen atoms in total. The molecule has 1 aromatic carbocycles. The van der Waals surface area contributed by atoms with Gasteiger partial charge in [0.1, 0.15) is 0 Å². The van der Waals surface area contributed by atoms with Crippen LogP contribution in [0.25, 0.3) is 0 Å². The minimum absolute atomic E-state index is 0.275. The van der Waals surface area contributed by atoms with Crippen molar-refractivity contribution >= 4 is 17.5 Å². The van der Waals surface area contributed by atoms with Crippen LogP contribution in [0.5, 0.6) is 0 Å². The van der Waals surface area contributed by atoms with Crippen LogP contribution in [0, 0.1) is 0 Å². The molecule has 1 aliphatic rings. The summed E-state index contributed by atoms with van der Waals surface area (Å²) in [4.78, 5) is 14.1. The van der Waals surface area contributed by atoms with Crippen LogP contribution in [-0.2, 0) is 11.2 Å². The predicted molar refractivity (Wildman–Crippen MR) is 74.8 cm³/mol. The summed E-state index contributed by atoms with van der Waals surface area (Å²) >= 11 is 6.09. The lowest BCUT2D eigenvalue weighted by molar-refractivity contribution is -0.131. The van der Waals surface area contributed by atoms with E-state index in [1.54, 1.807) is 0 Å². The first-order valence-electron chi connectivity index (χ1n) is 6.78. The topological polar surface area (TPSA) is 20.3 Å². The van der Waals surface area contributed by atoms with E-state index in [1.165, 1.54) is 12.8 Å². The smallest absolute Gasteiger partial charge is 0.222 e. The van der Waals surface area contributed by atoms with Gasteiger partial charge in [0, 0.05) is 24.5 Å². The highest BCUT2D eigenvalue weighted by atomic mass is 35.5. The molecule has 1 amide bonds. The SMILES string of the molecule is O=C(CCc1ccccc1Cl)N1CCCCCC1. The third-order valence-corrected chi connectivity index (χ3v) is 3.89. The Bertz CT molecular complexity index is 397. The molecule has 0 aromatic heterocycles. The Kier molecular flexibility index (Phi) is 5.06. The molecule has 18 heavy (non-hydrogen) atoms. The standard InChI is InChI=1S/C15H20ClNO/c16-14-8-4-3-7-13(14)9-10-15(18)17-11-5-1-2-6-12-17/h3-4,7-8H,1-2,5-6,9-12H2. The molecular weight excluding hydrogens is 246 g/mol. The van der Waals surface area contributed by atoms with Gasteiger partial charge in [0.05, 0.1) is 0 Å². The summed E-state index contributed by atoms with van der Waals surface area (Å²) < 4.78 is 0. The highest BCUT2D eigenvalue weighted by Gasteiger charge is 2.15. The number of aryl methyl sites for hydroxylation is 1. The number of amides is 1. The van der Waals surface area contributed by atoms with Crippen molar-refractivity contribution in [3.05, 3.63) is 34.9 Å². The van der Waals surface area contributed by atoms with Gasteiger partial charge in [-0.15, -0.1) is 0 Å². The molecule has 0 unspecified atom stereocenters. The monoisotopic (exact) mass is 265 g/mol. The molecule has 0 aliphatic carbocycles. The molecule has 2 rings (SSSR count). The second kappa shape index (κ2) is 6.79. The molecule has 0 saturated carbocycles. The van der Waals surface area contributed by atoms with Crippen LogP contribution in [0.3, 0.4) is 0 Å². The van der Waals surface area contributed by atoms with E-state index in [4.69, 9.17) is 11.6 Å². The van der Waals surface area contributed by atoms with Gasteiger partial charge in [-0.1, -0.05) is 42.6 Å². The van der Waals surface area contributed by atoms with Crippen LogP contribution in [0.15, 0.2) is 24.3 Å². The molecule has 0 bridgehead atoms. The Morgan fingerprint density at radius 2 is 1.78 bits per heavy atom. The van der Waals surface area contributed by atoms with Crippen LogP contribution in [0.1, 0.15) is 37.7 Å². The molecule has 1 saturated heterocycles. The first-order valence-corrected chi connectivity index (χ1v) is 7.16. The molecule has 0 spiro atoms. The second-order valence-electron chi connectivity index (χ2n) is 4.89. The van der Waals surface area contributed by atoms with E-state index in [0.717, 1.165) is 42.9 Å². The zero-order valence-corrected chi connectivity index (χ0v) is 11.5. The Morgan fingerprint density at radius 3 is 2.44 bits per heavy atom. The molecule has 1 aromatic rings. The molecule has 0 N–H and O–H groups in total. The van der Waals surface area contributed by atoms with Gasteiger partial charge >= 0.3 is 0 Å². The number of hydrogen-bond acceptors (Lipinski definition) is 1. The fraction of sp³-hybridized carbons (Fsp3) is 0.533. The van der Waals surface area contributed by atoms with Crippen LogP contribution in [0.4, 0.5) is 0 Å². The van der Waals surface area contributed by atoms with Crippen LogP contribution < -0.4 is 0 Å². The average Bonchev–Trinajstić information content (AvgIpc) is 2.66. The largest absolute Gasteiger partial charge is 0.343 e. The third kappa shape index (κ3) is 3.74. The molecule has 1 fully saturated rings. The van der Waals surface area contributed by atoms with Crippen molar-refractivity contribution in [1.82, 2.24) is 4.90 Å². The van der Waals surface area contributed by atoms with Crippen LogP contribution >= 0.6 is 11.6 Å². The minimum atomic E-state index is 0.275. The Hall–Kier alpha value is -1.02. The molecule has 0 atom stereocenters. The summed E-state index contributed by atoms with van der Waals surface area (Å²) in [5, 5.41) is 0.765. The van der Waals surface area contributed by atoms with E-state index in [9.17, 15) is 4.79 Å². The summed E-state index contributed by atoms with van der Waals surface area (Å²) in [6.07, 6.45) is 6.14. The number of likely N-dealkylation sites (tertiary alicyclic amines) is 1. The van der Waals surface area contributed by atoms with E-state index >= 15 is 0 Å². The highest BCUT2D eigenvalue weighted by Crippen LogP contribution is 2.18. The molecular formula is C15H20ClNO. The fourth-order valence-corrected chi connectivity index (χ4v) is 2.65. The zero-order chi connectivity index (χ0) is 12.8. The number of halogens is 1. The molecule has 0 radical (unpaired) electrons. The van der Waals surface area contributed by atoms with Crippen molar-refractivity contribution in [2.45, 2.75) is 38.5 Å². The first kappa shape index (κ1) is 13.4. The number of carbonyl (C=O) groups excluding carboxylic acids is 1. The quantitative estimate of drug-likeness (QED) is 0.817. The van der Waals surface area contributed by atoms with Gasteiger partial charge in [0.25, 0.3) is 0 Å².